The predicted molar refractivity (Wildman–Crippen MR) is 121 cm³/mol. The van der Waals surface area contributed by atoms with Gasteiger partial charge in [0.2, 0.25) is 5.96 Å². The van der Waals surface area contributed by atoms with Crippen LogP contribution in [-0.4, -0.2) is 10.9 Å². The van der Waals surface area contributed by atoms with Crippen molar-refractivity contribution in [2.45, 2.75) is 12.6 Å². The number of pyridine rings is 1. The number of aromatic nitrogens is 1. The Morgan fingerprint density at radius 3 is 2.48 bits per heavy atom. The van der Waals surface area contributed by atoms with Crippen LogP contribution in [0.1, 0.15) is 33.9 Å². The fraction of sp³-hybridized carbons (Fsp3) is 0.0870. The van der Waals surface area contributed by atoms with Gasteiger partial charge in [0.25, 0.3) is 0 Å². The predicted octanol–water partition coefficient (Wildman–Crippen LogP) is 2.51. The first-order valence-corrected chi connectivity index (χ1v) is 9.75. The van der Waals surface area contributed by atoms with E-state index in [-0.39, 0.29) is 29.6 Å². The average molecular weight is 435 g/mol. The Morgan fingerprint density at radius 1 is 1.03 bits per heavy atom. The number of nitrogens with one attached hydrogen (secondary N) is 2. The summed E-state index contributed by atoms with van der Waals surface area (Å²) in [6.07, 6.45) is 1.81. The molecule has 0 saturated heterocycles. The third-order valence-electron chi connectivity index (χ3n) is 5.09. The van der Waals surface area contributed by atoms with Crippen LogP contribution in [-0.2, 0) is 6.61 Å². The number of guanidine groups is 1. The number of hydrogen-bond acceptors (Lipinski definition) is 10. The second-order valence-corrected chi connectivity index (χ2v) is 7.03. The zero-order chi connectivity index (χ0) is 23.4. The number of nitrogens with two attached hydrogens (primary N) is 2. The number of nitrogens with zero attached hydrogens (tertiary/aromatic N) is 5. The fourth-order valence-electron chi connectivity index (χ4n) is 3.48. The van der Waals surface area contributed by atoms with Crippen molar-refractivity contribution in [3.63, 3.8) is 0 Å². The Morgan fingerprint density at radius 2 is 1.79 bits per heavy atom. The molecule has 0 aliphatic carbocycles. The molecule has 0 amide bonds. The van der Waals surface area contributed by atoms with Crippen molar-refractivity contribution in [2.75, 3.05) is 16.8 Å². The molecule has 33 heavy (non-hydrogen) atoms. The lowest BCUT2D eigenvalue weighted by molar-refractivity contribution is 0.306. The smallest absolute Gasteiger partial charge is 0.211 e. The second-order valence-electron chi connectivity index (χ2n) is 7.03. The van der Waals surface area contributed by atoms with Crippen LogP contribution in [0, 0.1) is 34.1 Å². The van der Waals surface area contributed by atoms with Gasteiger partial charge >= 0.3 is 0 Å². The minimum atomic E-state index is -0.634. The minimum Gasteiger partial charge on any atom is -0.489 e. The van der Waals surface area contributed by atoms with E-state index in [0.29, 0.717) is 22.7 Å². The molecule has 1 aliphatic rings. The highest BCUT2D eigenvalue weighted by molar-refractivity contribution is 5.98. The van der Waals surface area contributed by atoms with E-state index in [1.54, 1.807) is 36.4 Å². The summed E-state index contributed by atoms with van der Waals surface area (Å²) < 4.78 is 5.83. The number of anilines is 3. The fourth-order valence-corrected chi connectivity index (χ4v) is 3.48. The molecule has 0 bridgehead atoms. The lowest BCUT2D eigenvalue weighted by Crippen LogP contribution is -2.32. The van der Waals surface area contributed by atoms with Gasteiger partial charge in [-0.2, -0.15) is 15.8 Å². The number of nitriles is 3. The number of rotatable bonds is 4. The van der Waals surface area contributed by atoms with E-state index in [2.05, 4.69) is 26.7 Å². The summed E-state index contributed by atoms with van der Waals surface area (Å²) in [5.41, 5.74) is 14.9. The molecule has 6 N–H and O–H groups in total. The maximum absolute atomic E-state index is 9.42. The number of aliphatic imine (C=N–C) groups is 1. The van der Waals surface area contributed by atoms with Gasteiger partial charge in [-0.3, -0.25) is 5.32 Å². The molecule has 4 rings (SSSR count). The average Bonchev–Trinajstić information content (AvgIpc) is 2.83. The maximum atomic E-state index is 9.42. The van der Waals surface area contributed by atoms with Crippen molar-refractivity contribution in [2.24, 2.45) is 4.99 Å². The van der Waals surface area contributed by atoms with Crippen LogP contribution in [0.25, 0.3) is 0 Å². The van der Waals surface area contributed by atoms with Gasteiger partial charge in [0, 0.05) is 11.1 Å². The van der Waals surface area contributed by atoms with E-state index in [4.69, 9.17) is 21.5 Å². The third-order valence-corrected chi connectivity index (χ3v) is 5.09. The Bertz CT molecular complexity index is 1380. The van der Waals surface area contributed by atoms with Crippen molar-refractivity contribution in [3.8, 4) is 24.1 Å². The molecule has 1 unspecified atom stereocenters. The monoisotopic (exact) mass is 435 g/mol. The van der Waals surface area contributed by atoms with Gasteiger partial charge in [-0.05, 0) is 23.8 Å². The number of hydrogen-bond donors (Lipinski definition) is 4. The van der Waals surface area contributed by atoms with Crippen molar-refractivity contribution >= 4 is 23.3 Å². The SMILES string of the molecule is N#CNC1=NC(c2ccc(OCc3ccccc3C#N)cc2)c2c(nc(N)c(C#N)c2N)N1. The molecule has 0 fully saturated rings. The van der Waals surface area contributed by atoms with Crippen LogP contribution in [0.2, 0.25) is 0 Å². The molecule has 1 aromatic heterocycles. The Labute approximate surface area is 189 Å². The molecule has 0 saturated carbocycles. The van der Waals surface area contributed by atoms with E-state index >= 15 is 0 Å². The van der Waals surface area contributed by atoms with Crippen LogP contribution < -0.4 is 26.8 Å². The first-order valence-electron chi connectivity index (χ1n) is 9.75. The van der Waals surface area contributed by atoms with Crippen LogP contribution >= 0.6 is 0 Å². The van der Waals surface area contributed by atoms with Gasteiger partial charge in [-0.1, -0.05) is 30.3 Å². The van der Waals surface area contributed by atoms with E-state index in [1.165, 1.54) is 0 Å². The number of nitrogen functional groups attached to an aromatic ring is 2. The van der Waals surface area contributed by atoms with Crippen LogP contribution in [0.3, 0.4) is 0 Å². The Balaban J connectivity index is 1.65. The summed E-state index contributed by atoms with van der Waals surface area (Å²) in [7, 11) is 0. The van der Waals surface area contributed by atoms with Crippen molar-refractivity contribution in [1.29, 1.82) is 15.8 Å². The van der Waals surface area contributed by atoms with E-state index in [9.17, 15) is 10.5 Å². The van der Waals surface area contributed by atoms with Gasteiger partial charge in [-0.15, -0.1) is 0 Å². The number of benzene rings is 2. The maximum Gasteiger partial charge on any atom is 0.211 e. The van der Waals surface area contributed by atoms with Gasteiger partial charge in [0.1, 0.15) is 41.7 Å². The van der Waals surface area contributed by atoms with Crippen LogP contribution in [0.5, 0.6) is 5.75 Å². The molecule has 10 heteroatoms. The molecular formula is C23H17N9O. The highest BCUT2D eigenvalue weighted by Crippen LogP contribution is 2.40. The molecule has 3 aromatic rings. The third kappa shape index (κ3) is 4.02. The van der Waals surface area contributed by atoms with Gasteiger partial charge in [0.15, 0.2) is 6.19 Å². The lowest BCUT2D eigenvalue weighted by atomic mass is 9.95. The molecule has 1 atom stereocenters. The Hall–Kier alpha value is -5.27. The quantitative estimate of drug-likeness (QED) is 0.353. The molecule has 0 radical (unpaired) electrons. The first-order chi connectivity index (χ1) is 16.0. The van der Waals surface area contributed by atoms with Gasteiger partial charge in [0.05, 0.1) is 17.3 Å². The largest absolute Gasteiger partial charge is 0.489 e. The summed E-state index contributed by atoms with van der Waals surface area (Å²) in [6, 6.07) is 17.9. The lowest BCUT2D eigenvalue weighted by Gasteiger charge is -2.26. The molecule has 1 aliphatic heterocycles. The van der Waals surface area contributed by atoms with E-state index in [0.717, 1.165) is 11.1 Å². The zero-order valence-electron chi connectivity index (χ0n) is 17.2. The van der Waals surface area contributed by atoms with Crippen LogP contribution in [0.15, 0.2) is 53.5 Å². The molecule has 2 aromatic carbocycles. The summed E-state index contributed by atoms with van der Waals surface area (Å²) in [4.78, 5) is 8.75. The summed E-state index contributed by atoms with van der Waals surface area (Å²) in [6.45, 7) is 0.245. The molecule has 2 heterocycles. The van der Waals surface area contributed by atoms with Crippen LogP contribution in [0.4, 0.5) is 17.3 Å². The molecule has 10 nitrogen and oxygen atoms in total. The van der Waals surface area contributed by atoms with Gasteiger partial charge in [-0.25, -0.2) is 9.98 Å². The Kier molecular flexibility index (Phi) is 5.62. The first kappa shape index (κ1) is 21.0. The molecule has 0 spiro atoms. The second kappa shape index (κ2) is 8.84. The molecule has 160 valence electrons. The summed E-state index contributed by atoms with van der Waals surface area (Å²) in [5.74, 6) is 1.08. The highest BCUT2D eigenvalue weighted by Gasteiger charge is 2.29. The van der Waals surface area contributed by atoms with Crippen molar-refractivity contribution in [3.05, 3.63) is 76.3 Å². The van der Waals surface area contributed by atoms with Gasteiger partial charge < -0.3 is 21.5 Å². The standard InChI is InChI=1S/C23H17N9O/c24-9-14-3-1-2-4-15(14)11-33-16-7-5-13(6-8-16)20-18-19(27)17(10-25)21(28)31-22(18)32-23(30-20)29-12-26/h1-8,20H,11H2,(H6,27,28,29,30,31,32). The minimum absolute atomic E-state index is 0.0143. The summed E-state index contributed by atoms with van der Waals surface area (Å²) >= 11 is 0. The normalized spacial score (nSPS) is 13.8. The number of fused-ring (bicyclic) bond motifs is 1. The van der Waals surface area contributed by atoms with E-state index < -0.39 is 6.04 Å². The zero-order valence-corrected chi connectivity index (χ0v) is 17.2. The summed E-state index contributed by atoms with van der Waals surface area (Å²) in [5, 5.41) is 33.0. The van der Waals surface area contributed by atoms with Crippen molar-refractivity contribution in [1.82, 2.24) is 10.3 Å². The van der Waals surface area contributed by atoms with E-state index in [1.807, 2.05) is 24.4 Å². The van der Waals surface area contributed by atoms with Crippen molar-refractivity contribution < 1.29 is 4.74 Å². The highest BCUT2D eigenvalue weighted by atomic mass is 16.5. The topological polar surface area (TPSA) is 182 Å². The molecular weight excluding hydrogens is 418 g/mol. The number of ether oxygens (including phenoxy) is 1.